The third-order valence-electron chi connectivity index (χ3n) is 3.43. The predicted octanol–water partition coefficient (Wildman–Crippen LogP) is 3.47. The number of hydrogen-bond donors (Lipinski definition) is 1. The molecule has 1 atom stereocenters. The molecule has 5 nitrogen and oxygen atoms in total. The number of ether oxygens (including phenoxy) is 1. The third-order valence-corrected chi connectivity index (χ3v) is 3.43. The summed E-state index contributed by atoms with van der Waals surface area (Å²) >= 11 is 0. The SMILES string of the molecule is CC(=O)c1ccc(NC(=O)C(C)OC(=O)C=Cc2ccccc2)cc1. The van der Waals surface area contributed by atoms with Crippen LogP contribution < -0.4 is 5.32 Å². The Kier molecular flexibility index (Phi) is 6.23. The molecule has 2 aromatic rings. The number of esters is 1. The van der Waals surface area contributed by atoms with Gasteiger partial charge < -0.3 is 10.1 Å². The van der Waals surface area contributed by atoms with Gasteiger partial charge in [-0.15, -0.1) is 0 Å². The molecule has 0 aliphatic carbocycles. The number of ketones is 1. The van der Waals surface area contributed by atoms with E-state index in [9.17, 15) is 14.4 Å². The fourth-order valence-corrected chi connectivity index (χ4v) is 2.03. The predicted molar refractivity (Wildman–Crippen MR) is 96.1 cm³/mol. The Bertz CT molecular complexity index is 779. The van der Waals surface area contributed by atoms with Gasteiger partial charge in [-0.1, -0.05) is 30.3 Å². The molecule has 1 unspecified atom stereocenters. The number of anilines is 1. The van der Waals surface area contributed by atoms with Gasteiger partial charge in [0.05, 0.1) is 0 Å². The number of benzene rings is 2. The molecule has 0 saturated heterocycles. The first-order valence-electron chi connectivity index (χ1n) is 7.81. The van der Waals surface area contributed by atoms with Crippen molar-refractivity contribution in [2.45, 2.75) is 20.0 Å². The molecule has 0 aliphatic heterocycles. The zero-order chi connectivity index (χ0) is 18.2. The largest absolute Gasteiger partial charge is 0.449 e. The summed E-state index contributed by atoms with van der Waals surface area (Å²) in [6, 6.07) is 15.8. The normalized spacial score (nSPS) is 11.8. The second-order valence-corrected chi connectivity index (χ2v) is 5.45. The first-order chi connectivity index (χ1) is 12.0. The first kappa shape index (κ1) is 18.1. The Labute approximate surface area is 146 Å². The minimum absolute atomic E-state index is 0.0506. The number of amides is 1. The Hall–Kier alpha value is -3.21. The van der Waals surface area contributed by atoms with Crippen molar-refractivity contribution in [3.63, 3.8) is 0 Å². The minimum Gasteiger partial charge on any atom is -0.449 e. The number of carbonyl (C=O) groups is 3. The smallest absolute Gasteiger partial charge is 0.331 e. The maximum absolute atomic E-state index is 12.1. The monoisotopic (exact) mass is 337 g/mol. The molecule has 0 fully saturated rings. The van der Waals surface area contributed by atoms with E-state index in [1.807, 2.05) is 30.3 Å². The summed E-state index contributed by atoms with van der Waals surface area (Å²) in [7, 11) is 0. The van der Waals surface area contributed by atoms with Gasteiger partial charge in [-0.25, -0.2) is 4.79 Å². The lowest BCUT2D eigenvalue weighted by molar-refractivity contribution is -0.148. The molecule has 2 rings (SSSR count). The number of hydrogen-bond acceptors (Lipinski definition) is 4. The molecule has 1 amide bonds. The number of carbonyl (C=O) groups excluding carboxylic acids is 3. The van der Waals surface area contributed by atoms with Gasteiger partial charge in [0.15, 0.2) is 11.9 Å². The topological polar surface area (TPSA) is 72.5 Å². The van der Waals surface area contributed by atoms with Crippen molar-refractivity contribution in [1.29, 1.82) is 0 Å². The molecule has 0 spiro atoms. The Morgan fingerprint density at radius 1 is 1.00 bits per heavy atom. The van der Waals surface area contributed by atoms with Crippen molar-refractivity contribution in [3.05, 3.63) is 71.8 Å². The fraction of sp³-hybridized carbons (Fsp3) is 0.150. The van der Waals surface area contributed by atoms with Gasteiger partial charge in [0, 0.05) is 17.3 Å². The van der Waals surface area contributed by atoms with E-state index < -0.39 is 18.0 Å². The molecule has 0 aromatic heterocycles. The van der Waals surface area contributed by atoms with Gasteiger partial charge in [0.2, 0.25) is 0 Å². The van der Waals surface area contributed by atoms with Gasteiger partial charge in [0.25, 0.3) is 5.91 Å². The van der Waals surface area contributed by atoms with Gasteiger partial charge in [-0.3, -0.25) is 9.59 Å². The molecular formula is C20H19NO4. The zero-order valence-corrected chi connectivity index (χ0v) is 14.1. The maximum atomic E-state index is 12.1. The maximum Gasteiger partial charge on any atom is 0.331 e. The molecule has 5 heteroatoms. The summed E-state index contributed by atoms with van der Waals surface area (Å²) < 4.78 is 5.08. The highest BCUT2D eigenvalue weighted by Crippen LogP contribution is 2.11. The van der Waals surface area contributed by atoms with Crippen LogP contribution in [0, 0.1) is 0 Å². The number of Topliss-reactive ketones (excluding diaryl/α,β-unsaturated/α-hetero) is 1. The van der Waals surface area contributed by atoms with E-state index in [2.05, 4.69) is 5.32 Å². The van der Waals surface area contributed by atoms with E-state index in [1.165, 1.54) is 19.9 Å². The number of rotatable bonds is 6. The standard InChI is InChI=1S/C20H19NO4/c1-14(22)17-9-11-18(12-10-17)21-20(24)15(2)25-19(23)13-8-16-6-4-3-5-7-16/h3-13,15H,1-2H3,(H,21,24). The van der Waals surface area contributed by atoms with E-state index >= 15 is 0 Å². The molecule has 1 N–H and O–H groups in total. The highest BCUT2D eigenvalue weighted by atomic mass is 16.5. The van der Waals surface area contributed by atoms with Gasteiger partial charge in [-0.05, 0) is 49.8 Å². The summed E-state index contributed by atoms with van der Waals surface area (Å²) in [5.74, 6) is -1.10. The van der Waals surface area contributed by atoms with Crippen molar-refractivity contribution in [2.75, 3.05) is 5.32 Å². The lowest BCUT2D eigenvalue weighted by Gasteiger charge is -2.12. The minimum atomic E-state index is -0.944. The third kappa shape index (κ3) is 5.73. The summed E-state index contributed by atoms with van der Waals surface area (Å²) in [5, 5.41) is 2.64. The van der Waals surface area contributed by atoms with E-state index in [-0.39, 0.29) is 5.78 Å². The molecule has 0 radical (unpaired) electrons. The second kappa shape index (κ2) is 8.59. The lowest BCUT2D eigenvalue weighted by Crippen LogP contribution is -2.29. The summed E-state index contributed by atoms with van der Waals surface area (Å²) in [4.78, 5) is 35.1. The number of nitrogens with one attached hydrogen (secondary N) is 1. The van der Waals surface area contributed by atoms with Crippen LogP contribution in [0.15, 0.2) is 60.7 Å². The van der Waals surface area contributed by atoms with Crippen LogP contribution in [0.3, 0.4) is 0 Å². The Morgan fingerprint density at radius 3 is 2.24 bits per heavy atom. The summed E-state index contributed by atoms with van der Waals surface area (Å²) in [5.41, 5.74) is 1.95. The second-order valence-electron chi connectivity index (χ2n) is 5.45. The molecule has 0 aliphatic rings. The van der Waals surface area contributed by atoms with Crippen LogP contribution >= 0.6 is 0 Å². The van der Waals surface area contributed by atoms with Crippen molar-refractivity contribution in [3.8, 4) is 0 Å². The highest BCUT2D eigenvalue weighted by molar-refractivity contribution is 5.98. The van der Waals surface area contributed by atoms with E-state index in [0.29, 0.717) is 11.3 Å². The molecule has 0 bridgehead atoms. The van der Waals surface area contributed by atoms with Gasteiger partial charge in [0.1, 0.15) is 0 Å². The van der Waals surface area contributed by atoms with Crippen molar-refractivity contribution in [2.24, 2.45) is 0 Å². The quantitative estimate of drug-likeness (QED) is 0.498. The summed E-state index contributed by atoms with van der Waals surface area (Å²) in [6.45, 7) is 2.96. The summed E-state index contributed by atoms with van der Waals surface area (Å²) in [6.07, 6.45) is 1.95. The van der Waals surface area contributed by atoms with Crippen LogP contribution in [0.2, 0.25) is 0 Å². The molecule has 128 valence electrons. The van der Waals surface area contributed by atoms with Crippen molar-refractivity contribution < 1.29 is 19.1 Å². The zero-order valence-electron chi connectivity index (χ0n) is 14.1. The molecule has 25 heavy (non-hydrogen) atoms. The van der Waals surface area contributed by atoms with Crippen molar-refractivity contribution >= 4 is 29.4 Å². The van der Waals surface area contributed by atoms with E-state index in [0.717, 1.165) is 5.56 Å². The Morgan fingerprint density at radius 2 is 1.64 bits per heavy atom. The van der Waals surface area contributed by atoms with Crippen LogP contribution in [0.25, 0.3) is 6.08 Å². The average molecular weight is 337 g/mol. The molecular weight excluding hydrogens is 318 g/mol. The average Bonchev–Trinajstić information content (AvgIpc) is 2.61. The van der Waals surface area contributed by atoms with Gasteiger partial charge >= 0.3 is 5.97 Å². The van der Waals surface area contributed by atoms with Crippen LogP contribution in [-0.2, 0) is 14.3 Å². The van der Waals surface area contributed by atoms with Gasteiger partial charge in [-0.2, -0.15) is 0 Å². The van der Waals surface area contributed by atoms with E-state index in [4.69, 9.17) is 4.74 Å². The van der Waals surface area contributed by atoms with Crippen LogP contribution in [0.4, 0.5) is 5.69 Å². The van der Waals surface area contributed by atoms with Crippen LogP contribution in [-0.4, -0.2) is 23.8 Å². The van der Waals surface area contributed by atoms with Crippen molar-refractivity contribution in [1.82, 2.24) is 0 Å². The molecule has 0 heterocycles. The lowest BCUT2D eigenvalue weighted by atomic mass is 10.1. The van der Waals surface area contributed by atoms with Crippen LogP contribution in [0.5, 0.6) is 0 Å². The Balaban J connectivity index is 1.88. The molecule has 0 saturated carbocycles. The first-order valence-corrected chi connectivity index (χ1v) is 7.81. The molecule has 2 aromatic carbocycles. The van der Waals surface area contributed by atoms with E-state index in [1.54, 1.807) is 30.3 Å². The van der Waals surface area contributed by atoms with Crippen LogP contribution in [0.1, 0.15) is 29.8 Å². The fourth-order valence-electron chi connectivity index (χ4n) is 2.03. The highest BCUT2D eigenvalue weighted by Gasteiger charge is 2.16.